The highest BCUT2D eigenvalue weighted by molar-refractivity contribution is 5.90. The van der Waals surface area contributed by atoms with Crippen LogP contribution in [0.5, 0.6) is 0 Å². The number of aliphatic carboxylic acids is 1. The summed E-state index contributed by atoms with van der Waals surface area (Å²) in [5, 5.41) is 8.84. The highest BCUT2D eigenvalue weighted by Crippen LogP contribution is 2.51. The molecule has 1 aromatic carbocycles. The number of carboxylic acid groups (broad SMARTS) is 1. The summed E-state index contributed by atoms with van der Waals surface area (Å²) < 4.78 is 31.4. The molecule has 102 valence electrons. The second-order valence-corrected chi connectivity index (χ2v) is 4.66. The third-order valence-corrected chi connectivity index (χ3v) is 3.39. The molecule has 4 nitrogen and oxygen atoms in total. The molecule has 1 saturated carbocycles. The maximum Gasteiger partial charge on any atom is 0.340 e. The van der Waals surface area contributed by atoms with E-state index in [9.17, 15) is 18.4 Å². The summed E-state index contributed by atoms with van der Waals surface area (Å²) >= 11 is 0. The Balaban J connectivity index is 2.46. The standard InChI is InChI=1S/C13H12F2O4/c1-19-12(18)8-4-7(5-9(14)11(8)15)13(2-3-13)6-10(16)17/h4-5H,2-3,6H2,1H3,(H,16,17). The Morgan fingerprint density at radius 2 is 2.00 bits per heavy atom. The Morgan fingerprint density at radius 1 is 1.37 bits per heavy atom. The molecule has 0 radical (unpaired) electrons. The van der Waals surface area contributed by atoms with Gasteiger partial charge >= 0.3 is 11.9 Å². The first-order valence-electron chi connectivity index (χ1n) is 5.69. The highest BCUT2D eigenvalue weighted by atomic mass is 19.2. The zero-order valence-corrected chi connectivity index (χ0v) is 10.2. The summed E-state index contributed by atoms with van der Waals surface area (Å²) in [6, 6.07) is 2.14. The molecular formula is C13H12F2O4. The van der Waals surface area contributed by atoms with Gasteiger partial charge in [-0.1, -0.05) is 0 Å². The van der Waals surface area contributed by atoms with Crippen molar-refractivity contribution in [2.24, 2.45) is 0 Å². The van der Waals surface area contributed by atoms with E-state index in [-0.39, 0.29) is 6.42 Å². The van der Waals surface area contributed by atoms with E-state index in [1.54, 1.807) is 0 Å². The van der Waals surface area contributed by atoms with E-state index in [0.717, 1.165) is 13.2 Å². The maximum absolute atomic E-state index is 13.5. The average molecular weight is 270 g/mol. The number of hydrogen-bond donors (Lipinski definition) is 1. The predicted molar refractivity (Wildman–Crippen MR) is 60.9 cm³/mol. The van der Waals surface area contributed by atoms with E-state index < -0.39 is 34.6 Å². The first kappa shape index (κ1) is 13.5. The summed E-state index contributed by atoms with van der Waals surface area (Å²) in [6.07, 6.45) is 0.981. The Morgan fingerprint density at radius 3 is 2.47 bits per heavy atom. The number of benzene rings is 1. The third kappa shape index (κ3) is 2.43. The van der Waals surface area contributed by atoms with Crippen LogP contribution in [-0.4, -0.2) is 24.2 Å². The lowest BCUT2D eigenvalue weighted by atomic mass is 9.91. The van der Waals surface area contributed by atoms with E-state index in [4.69, 9.17) is 5.11 Å². The maximum atomic E-state index is 13.5. The van der Waals surface area contributed by atoms with Crippen LogP contribution >= 0.6 is 0 Å². The van der Waals surface area contributed by atoms with Crippen molar-refractivity contribution in [3.05, 3.63) is 34.9 Å². The molecule has 1 aliphatic rings. The third-order valence-electron chi connectivity index (χ3n) is 3.39. The smallest absolute Gasteiger partial charge is 0.340 e. The summed E-state index contributed by atoms with van der Waals surface area (Å²) in [4.78, 5) is 22.2. The summed E-state index contributed by atoms with van der Waals surface area (Å²) in [5.41, 5.74) is -0.869. The number of ether oxygens (including phenoxy) is 1. The number of carbonyl (C=O) groups excluding carboxylic acids is 1. The first-order chi connectivity index (χ1) is 8.89. The minimum absolute atomic E-state index is 0.168. The Kier molecular flexibility index (Phi) is 3.26. The Bertz CT molecular complexity index is 550. The lowest BCUT2D eigenvalue weighted by Gasteiger charge is -2.15. The SMILES string of the molecule is COC(=O)c1cc(C2(CC(=O)O)CC2)cc(F)c1F. The van der Waals surface area contributed by atoms with Gasteiger partial charge in [-0.05, 0) is 30.5 Å². The molecule has 0 aliphatic heterocycles. The monoisotopic (exact) mass is 270 g/mol. The fourth-order valence-electron chi connectivity index (χ4n) is 2.16. The van der Waals surface area contributed by atoms with Crippen LogP contribution in [0.2, 0.25) is 0 Å². The normalized spacial score (nSPS) is 15.9. The van der Waals surface area contributed by atoms with Crippen molar-refractivity contribution in [1.29, 1.82) is 0 Å². The number of carbonyl (C=O) groups is 2. The highest BCUT2D eigenvalue weighted by Gasteiger charge is 2.46. The Hall–Kier alpha value is -1.98. The molecular weight excluding hydrogens is 258 g/mol. The first-order valence-corrected chi connectivity index (χ1v) is 5.69. The molecule has 6 heteroatoms. The summed E-state index contributed by atoms with van der Waals surface area (Å²) in [6.45, 7) is 0. The van der Waals surface area contributed by atoms with E-state index in [1.807, 2.05) is 0 Å². The molecule has 0 aromatic heterocycles. The van der Waals surface area contributed by atoms with Gasteiger partial charge in [0.05, 0.1) is 19.1 Å². The molecule has 1 N–H and O–H groups in total. The zero-order chi connectivity index (χ0) is 14.2. The second kappa shape index (κ2) is 4.60. The second-order valence-electron chi connectivity index (χ2n) is 4.66. The molecule has 1 aromatic rings. The lowest BCUT2D eigenvalue weighted by molar-refractivity contribution is -0.137. The number of halogens is 2. The van der Waals surface area contributed by atoms with Crippen LogP contribution in [0.15, 0.2) is 12.1 Å². The zero-order valence-electron chi connectivity index (χ0n) is 10.2. The number of esters is 1. The van der Waals surface area contributed by atoms with Gasteiger partial charge in [0.2, 0.25) is 0 Å². The molecule has 1 aliphatic carbocycles. The van der Waals surface area contributed by atoms with Gasteiger partial charge in [-0.3, -0.25) is 4.79 Å². The van der Waals surface area contributed by atoms with Gasteiger partial charge in [0, 0.05) is 5.41 Å². The molecule has 19 heavy (non-hydrogen) atoms. The van der Waals surface area contributed by atoms with Gasteiger partial charge < -0.3 is 9.84 Å². The van der Waals surface area contributed by atoms with Crippen molar-refractivity contribution < 1.29 is 28.2 Å². The van der Waals surface area contributed by atoms with Crippen molar-refractivity contribution in [3.8, 4) is 0 Å². The van der Waals surface area contributed by atoms with Crippen LogP contribution in [0.4, 0.5) is 8.78 Å². The molecule has 1 fully saturated rings. The summed E-state index contributed by atoms with van der Waals surface area (Å²) in [5.74, 6) is -4.44. The van der Waals surface area contributed by atoms with Crippen LogP contribution in [0.3, 0.4) is 0 Å². The van der Waals surface area contributed by atoms with Crippen LogP contribution in [0, 0.1) is 11.6 Å². The van der Waals surface area contributed by atoms with E-state index >= 15 is 0 Å². The van der Waals surface area contributed by atoms with Crippen molar-refractivity contribution in [2.45, 2.75) is 24.7 Å². The van der Waals surface area contributed by atoms with Crippen molar-refractivity contribution in [3.63, 3.8) is 0 Å². The largest absolute Gasteiger partial charge is 0.481 e. The summed E-state index contributed by atoms with van der Waals surface area (Å²) in [7, 11) is 1.07. The molecule has 0 heterocycles. The van der Waals surface area contributed by atoms with Crippen LogP contribution < -0.4 is 0 Å². The minimum atomic E-state index is -1.28. The molecule has 0 bridgehead atoms. The van der Waals surface area contributed by atoms with E-state index in [1.165, 1.54) is 6.07 Å². The number of hydrogen-bond acceptors (Lipinski definition) is 3. The van der Waals surface area contributed by atoms with Gasteiger partial charge in [-0.2, -0.15) is 0 Å². The van der Waals surface area contributed by atoms with Crippen molar-refractivity contribution in [2.75, 3.05) is 7.11 Å². The van der Waals surface area contributed by atoms with Gasteiger partial charge in [0.1, 0.15) is 0 Å². The van der Waals surface area contributed by atoms with E-state index in [0.29, 0.717) is 18.4 Å². The van der Waals surface area contributed by atoms with Crippen LogP contribution in [0.1, 0.15) is 35.2 Å². The van der Waals surface area contributed by atoms with E-state index in [2.05, 4.69) is 4.74 Å². The lowest BCUT2D eigenvalue weighted by Crippen LogP contribution is -2.16. The topological polar surface area (TPSA) is 63.6 Å². The van der Waals surface area contributed by atoms with Crippen LogP contribution in [-0.2, 0) is 14.9 Å². The Labute approximate surface area is 108 Å². The molecule has 0 atom stereocenters. The minimum Gasteiger partial charge on any atom is -0.481 e. The molecule has 0 unspecified atom stereocenters. The molecule has 0 saturated heterocycles. The average Bonchev–Trinajstić information content (AvgIpc) is 3.11. The van der Waals surface area contributed by atoms with Gasteiger partial charge in [0.25, 0.3) is 0 Å². The number of carboxylic acids is 1. The molecule has 0 amide bonds. The quantitative estimate of drug-likeness (QED) is 0.852. The fraction of sp³-hybridized carbons (Fsp3) is 0.385. The number of rotatable bonds is 4. The molecule has 2 rings (SSSR count). The van der Waals surface area contributed by atoms with Gasteiger partial charge in [0.15, 0.2) is 11.6 Å². The van der Waals surface area contributed by atoms with Crippen molar-refractivity contribution in [1.82, 2.24) is 0 Å². The van der Waals surface area contributed by atoms with Gasteiger partial charge in [-0.25, -0.2) is 13.6 Å². The number of methoxy groups -OCH3 is 1. The van der Waals surface area contributed by atoms with Crippen LogP contribution in [0.25, 0.3) is 0 Å². The van der Waals surface area contributed by atoms with Gasteiger partial charge in [-0.15, -0.1) is 0 Å². The van der Waals surface area contributed by atoms with Crippen molar-refractivity contribution >= 4 is 11.9 Å². The predicted octanol–water partition coefficient (Wildman–Crippen LogP) is 2.26. The molecule has 0 spiro atoms. The fourth-order valence-corrected chi connectivity index (χ4v) is 2.16.